The van der Waals surface area contributed by atoms with Crippen molar-refractivity contribution in [3.05, 3.63) is 34.7 Å². The van der Waals surface area contributed by atoms with Crippen molar-refractivity contribution in [3.8, 4) is 11.4 Å². The maximum Gasteiger partial charge on any atom is 0.248 e. The maximum atomic E-state index is 11.9. The summed E-state index contributed by atoms with van der Waals surface area (Å²) in [6.07, 6.45) is 1.26. The fraction of sp³-hybridized carbons (Fsp3) is 0.481. The molecule has 1 atom stereocenters. The van der Waals surface area contributed by atoms with Crippen molar-refractivity contribution in [1.82, 2.24) is 19.8 Å². The minimum atomic E-state index is -0.443. The van der Waals surface area contributed by atoms with Gasteiger partial charge in [-0.05, 0) is 19.1 Å². The highest BCUT2D eigenvalue weighted by Crippen LogP contribution is 2.36. The molecule has 1 amide bonds. The Morgan fingerprint density at radius 3 is 2.68 bits per heavy atom. The van der Waals surface area contributed by atoms with Crippen molar-refractivity contribution >= 4 is 45.2 Å². The minimum Gasteiger partial charge on any atom is -0.398 e. The molecule has 3 aromatic rings. The molecule has 0 unspecified atom stereocenters. The number of nitrogens with two attached hydrogens (primary N) is 1. The zero-order valence-electron chi connectivity index (χ0n) is 22.3. The molecule has 204 valence electrons. The highest BCUT2D eigenvalue weighted by atomic mass is 32.1. The number of aromatic nitrogens is 2. The zero-order chi connectivity index (χ0) is 27.2. The average Bonchev–Trinajstić information content (AvgIpc) is 3.37. The Morgan fingerprint density at radius 1 is 1.24 bits per heavy atom. The molecule has 2 aliphatic heterocycles. The zero-order valence-corrected chi connectivity index (χ0v) is 23.1. The first kappa shape index (κ1) is 27.9. The van der Waals surface area contributed by atoms with Crippen LogP contribution in [0.4, 0.5) is 11.5 Å². The number of hydrogen-bond acceptors (Lipinski definition) is 10. The summed E-state index contributed by atoms with van der Waals surface area (Å²) in [5.41, 5.74) is 8.91. The van der Waals surface area contributed by atoms with E-state index in [4.69, 9.17) is 25.8 Å². The quantitative estimate of drug-likeness (QED) is 0.322. The second kappa shape index (κ2) is 12.6. The summed E-state index contributed by atoms with van der Waals surface area (Å²) in [6, 6.07) is 7.86. The van der Waals surface area contributed by atoms with E-state index < -0.39 is 6.61 Å². The highest BCUT2D eigenvalue weighted by Gasteiger charge is 2.27. The van der Waals surface area contributed by atoms with E-state index in [0.29, 0.717) is 43.4 Å². The summed E-state index contributed by atoms with van der Waals surface area (Å²) in [6.45, 7) is 11.2. The number of carbonyl (C=O) groups is 1. The van der Waals surface area contributed by atoms with Gasteiger partial charge in [-0.2, -0.15) is 0 Å². The molecule has 0 saturated carbocycles. The van der Waals surface area contributed by atoms with Crippen molar-refractivity contribution in [2.45, 2.75) is 33.4 Å². The third kappa shape index (κ3) is 5.80. The van der Waals surface area contributed by atoms with E-state index >= 15 is 0 Å². The van der Waals surface area contributed by atoms with Crippen LogP contribution in [-0.4, -0.2) is 95.6 Å². The lowest BCUT2D eigenvalue weighted by Crippen LogP contribution is -2.53. The molecule has 4 N–H and O–H groups in total. The number of aliphatic hydroxyl groups excluding tert-OH is 1. The van der Waals surface area contributed by atoms with E-state index in [1.165, 1.54) is 11.1 Å². The van der Waals surface area contributed by atoms with E-state index in [9.17, 15) is 9.90 Å². The third-order valence-electron chi connectivity index (χ3n) is 6.85. The largest absolute Gasteiger partial charge is 0.398 e. The van der Waals surface area contributed by atoms with Crippen LogP contribution in [0.2, 0.25) is 0 Å². The first-order chi connectivity index (χ1) is 18.5. The van der Waals surface area contributed by atoms with Crippen molar-refractivity contribution in [1.29, 1.82) is 5.41 Å². The molecular weight excluding hydrogens is 502 g/mol. The number of thiophene rings is 1. The molecule has 0 bridgehead atoms. The lowest BCUT2D eigenvalue weighted by Gasteiger charge is -2.39. The van der Waals surface area contributed by atoms with Crippen LogP contribution in [0.1, 0.15) is 31.2 Å². The van der Waals surface area contributed by atoms with Crippen LogP contribution in [0.25, 0.3) is 21.6 Å². The topological polar surface area (TPSA) is 132 Å². The van der Waals surface area contributed by atoms with Gasteiger partial charge in [-0.3, -0.25) is 9.69 Å². The van der Waals surface area contributed by atoms with E-state index in [1.807, 2.05) is 26.0 Å². The molecule has 5 rings (SSSR count). The van der Waals surface area contributed by atoms with Crippen LogP contribution < -0.4 is 10.6 Å². The van der Waals surface area contributed by atoms with Crippen molar-refractivity contribution in [2.75, 3.05) is 63.2 Å². The Labute approximate surface area is 227 Å². The van der Waals surface area contributed by atoms with Gasteiger partial charge in [0.25, 0.3) is 0 Å². The van der Waals surface area contributed by atoms with Gasteiger partial charge in [-0.1, -0.05) is 26.0 Å². The number of morpholine rings is 1. The smallest absolute Gasteiger partial charge is 0.248 e. The van der Waals surface area contributed by atoms with Crippen LogP contribution >= 0.6 is 11.3 Å². The average molecular weight is 540 g/mol. The number of aliphatic hydroxyl groups is 1. The van der Waals surface area contributed by atoms with E-state index in [1.54, 1.807) is 22.3 Å². The van der Waals surface area contributed by atoms with Crippen LogP contribution in [0.15, 0.2) is 24.3 Å². The second-order valence-corrected chi connectivity index (χ2v) is 10.3. The molecule has 2 fully saturated rings. The molecule has 10 nitrogen and oxygen atoms in total. The number of ether oxygens (including phenoxy) is 1. The number of amides is 1. The normalized spacial score (nSPS) is 18.3. The maximum absolute atomic E-state index is 11.9. The molecule has 2 aliphatic rings. The predicted octanol–water partition coefficient (Wildman–Crippen LogP) is 2.83. The van der Waals surface area contributed by atoms with Crippen LogP contribution in [0.3, 0.4) is 0 Å². The summed E-state index contributed by atoms with van der Waals surface area (Å²) in [4.78, 5) is 29.3. The first-order valence-corrected chi connectivity index (χ1v) is 13.9. The number of benzene rings is 1. The van der Waals surface area contributed by atoms with Gasteiger partial charge in [-0.15, -0.1) is 11.3 Å². The lowest BCUT2D eigenvalue weighted by atomic mass is 10.1. The summed E-state index contributed by atoms with van der Waals surface area (Å²) in [7, 11) is 0. The molecule has 0 radical (unpaired) electrons. The van der Waals surface area contributed by atoms with Gasteiger partial charge in [0.05, 0.1) is 23.4 Å². The van der Waals surface area contributed by atoms with Crippen LogP contribution in [-0.2, 0) is 16.1 Å². The van der Waals surface area contributed by atoms with Crippen molar-refractivity contribution < 1.29 is 14.6 Å². The lowest BCUT2D eigenvalue weighted by molar-refractivity contribution is -0.137. The summed E-state index contributed by atoms with van der Waals surface area (Å²) in [5, 5.41) is 17.1. The van der Waals surface area contributed by atoms with Crippen LogP contribution in [0.5, 0.6) is 0 Å². The van der Waals surface area contributed by atoms with Gasteiger partial charge in [0.1, 0.15) is 6.61 Å². The van der Waals surface area contributed by atoms with Crippen LogP contribution in [0, 0.1) is 5.41 Å². The summed E-state index contributed by atoms with van der Waals surface area (Å²) in [5.74, 6) is 1.23. The van der Waals surface area contributed by atoms with E-state index in [2.05, 4.69) is 22.8 Å². The summed E-state index contributed by atoms with van der Waals surface area (Å²) < 4.78 is 6.61. The third-order valence-corrected chi connectivity index (χ3v) is 7.96. The van der Waals surface area contributed by atoms with Crippen molar-refractivity contribution in [3.63, 3.8) is 0 Å². The van der Waals surface area contributed by atoms with Gasteiger partial charge >= 0.3 is 0 Å². The predicted molar refractivity (Wildman–Crippen MR) is 153 cm³/mol. The molecular formula is C27H37N7O3S. The molecule has 38 heavy (non-hydrogen) atoms. The monoisotopic (exact) mass is 539 g/mol. The molecule has 2 aromatic heterocycles. The van der Waals surface area contributed by atoms with Crippen molar-refractivity contribution in [2.24, 2.45) is 0 Å². The number of carbonyl (C=O) groups excluding carboxylic acids is 1. The van der Waals surface area contributed by atoms with E-state index in [-0.39, 0.29) is 11.9 Å². The first-order valence-electron chi connectivity index (χ1n) is 13.1. The Hall–Kier alpha value is -3.12. The molecule has 4 heterocycles. The number of piperazine rings is 1. The number of nitrogen functional groups attached to an aromatic ring is 1. The number of nitrogens with zero attached hydrogens (tertiary/aromatic N) is 5. The fourth-order valence-electron chi connectivity index (χ4n) is 4.85. The van der Waals surface area contributed by atoms with Gasteiger partial charge in [-0.25, -0.2) is 9.97 Å². The molecule has 2 saturated heterocycles. The number of nitrogens with one attached hydrogen (secondary N) is 1. The standard InChI is InChI=1S/C25H31N7O3S.C2H6/c1-16-13-32(22(34)15-33)6-5-31(16)14-17-11-21-23(36-17)25(30-7-9-35-10-8-30)29-24(28-21)18-3-2-4-20(27)19(18)12-26;1-2/h2-4,11-12,16,26,33H,5-10,13-15,27H2,1H3;1-2H3/t16-;/m0./s1. The minimum absolute atomic E-state index is 0.183. The fourth-order valence-corrected chi connectivity index (χ4v) is 5.99. The second-order valence-electron chi connectivity index (χ2n) is 9.17. The van der Waals surface area contributed by atoms with Gasteiger partial charge < -0.3 is 30.8 Å². The Morgan fingerprint density at radius 2 is 2.00 bits per heavy atom. The van der Waals surface area contributed by atoms with Gasteiger partial charge in [0.15, 0.2) is 11.6 Å². The molecule has 0 aliphatic carbocycles. The number of hydrogen-bond donors (Lipinski definition) is 3. The Balaban J connectivity index is 0.00000164. The van der Waals surface area contributed by atoms with Gasteiger partial charge in [0, 0.05) is 73.2 Å². The van der Waals surface area contributed by atoms with Gasteiger partial charge in [0.2, 0.25) is 5.91 Å². The molecule has 11 heteroatoms. The Bertz CT molecular complexity index is 1280. The number of rotatable bonds is 6. The molecule has 1 aromatic carbocycles. The number of fused-ring (bicyclic) bond motifs is 1. The Kier molecular flexibility index (Phi) is 9.26. The molecule has 0 spiro atoms. The number of anilines is 2. The highest BCUT2D eigenvalue weighted by molar-refractivity contribution is 7.19. The summed E-state index contributed by atoms with van der Waals surface area (Å²) >= 11 is 1.70. The SMILES string of the molecule is CC.C[C@H]1CN(C(=O)CO)CCN1Cc1cc2nc(-c3cccc(N)c3C=N)nc(N3CCOCC3)c2s1. The van der Waals surface area contributed by atoms with E-state index in [0.717, 1.165) is 47.8 Å².